The van der Waals surface area contributed by atoms with Crippen LogP contribution in [-0.2, 0) is 0 Å². The van der Waals surface area contributed by atoms with Gasteiger partial charge in [0.1, 0.15) is 11.9 Å². The highest BCUT2D eigenvalue weighted by Crippen LogP contribution is 2.39. The molecule has 0 aromatic heterocycles. The van der Waals surface area contributed by atoms with Crippen molar-refractivity contribution >= 4 is 0 Å². The zero-order chi connectivity index (χ0) is 13.4. The largest absolute Gasteiger partial charge is 0.485 e. The lowest BCUT2D eigenvalue weighted by Crippen LogP contribution is -2.24. The Bertz CT molecular complexity index is 586. The van der Waals surface area contributed by atoms with Crippen molar-refractivity contribution in [3.05, 3.63) is 64.7 Å². The molecule has 0 fully saturated rings. The van der Waals surface area contributed by atoms with Crippen molar-refractivity contribution in [3.63, 3.8) is 0 Å². The van der Waals surface area contributed by atoms with Gasteiger partial charge in [-0.05, 0) is 25.5 Å². The SMILES string of the molecule is Cc1cc(C)cc(C2CC(N)c3ccccc3O2)c1. The van der Waals surface area contributed by atoms with Crippen LogP contribution in [0, 0.1) is 13.8 Å². The van der Waals surface area contributed by atoms with E-state index in [9.17, 15) is 0 Å². The summed E-state index contributed by atoms with van der Waals surface area (Å²) in [7, 11) is 0. The molecule has 0 bridgehead atoms. The molecular weight excluding hydrogens is 234 g/mol. The third kappa shape index (κ3) is 2.36. The van der Waals surface area contributed by atoms with Gasteiger partial charge in [-0.1, -0.05) is 47.5 Å². The summed E-state index contributed by atoms with van der Waals surface area (Å²) >= 11 is 0. The summed E-state index contributed by atoms with van der Waals surface area (Å²) < 4.78 is 6.12. The predicted octanol–water partition coefficient (Wildman–Crippen LogP) is 3.83. The second-order valence-electron chi connectivity index (χ2n) is 5.41. The van der Waals surface area contributed by atoms with E-state index in [0.717, 1.165) is 17.7 Å². The van der Waals surface area contributed by atoms with Crippen LogP contribution in [0.4, 0.5) is 0 Å². The zero-order valence-electron chi connectivity index (χ0n) is 11.4. The summed E-state index contributed by atoms with van der Waals surface area (Å²) in [5, 5.41) is 0. The van der Waals surface area contributed by atoms with E-state index in [-0.39, 0.29) is 12.1 Å². The number of ether oxygens (including phenoxy) is 1. The van der Waals surface area contributed by atoms with Gasteiger partial charge in [0, 0.05) is 18.0 Å². The average molecular weight is 253 g/mol. The van der Waals surface area contributed by atoms with Crippen molar-refractivity contribution in [2.45, 2.75) is 32.4 Å². The number of benzene rings is 2. The monoisotopic (exact) mass is 253 g/mol. The highest BCUT2D eigenvalue weighted by Gasteiger charge is 2.26. The molecule has 2 heteroatoms. The smallest absolute Gasteiger partial charge is 0.126 e. The first-order chi connectivity index (χ1) is 9.13. The Labute approximate surface area is 114 Å². The molecule has 2 aromatic rings. The van der Waals surface area contributed by atoms with E-state index >= 15 is 0 Å². The minimum absolute atomic E-state index is 0.0516. The Balaban J connectivity index is 1.96. The van der Waals surface area contributed by atoms with E-state index in [1.807, 2.05) is 18.2 Å². The molecule has 0 aliphatic carbocycles. The van der Waals surface area contributed by atoms with Crippen molar-refractivity contribution in [1.82, 2.24) is 0 Å². The summed E-state index contributed by atoms with van der Waals surface area (Å²) in [6, 6.07) is 14.7. The van der Waals surface area contributed by atoms with Crippen molar-refractivity contribution in [3.8, 4) is 5.75 Å². The van der Waals surface area contributed by atoms with E-state index in [2.05, 4.69) is 38.1 Å². The highest BCUT2D eigenvalue weighted by molar-refractivity contribution is 5.40. The minimum atomic E-state index is 0.0516. The van der Waals surface area contributed by atoms with Crippen molar-refractivity contribution in [2.75, 3.05) is 0 Å². The molecule has 2 aromatic carbocycles. The van der Waals surface area contributed by atoms with Gasteiger partial charge >= 0.3 is 0 Å². The summed E-state index contributed by atoms with van der Waals surface area (Å²) in [6.45, 7) is 4.24. The first-order valence-corrected chi connectivity index (χ1v) is 6.73. The Morgan fingerprint density at radius 1 is 1.05 bits per heavy atom. The molecule has 0 spiro atoms. The molecule has 0 saturated carbocycles. The Kier molecular flexibility index (Phi) is 3.03. The molecule has 0 amide bonds. The van der Waals surface area contributed by atoms with E-state index < -0.39 is 0 Å². The fourth-order valence-electron chi connectivity index (χ4n) is 2.85. The van der Waals surface area contributed by atoms with Gasteiger partial charge in [-0.15, -0.1) is 0 Å². The maximum Gasteiger partial charge on any atom is 0.126 e. The summed E-state index contributed by atoms with van der Waals surface area (Å²) in [6.07, 6.45) is 0.892. The molecule has 19 heavy (non-hydrogen) atoms. The van der Waals surface area contributed by atoms with Gasteiger partial charge < -0.3 is 10.5 Å². The van der Waals surface area contributed by atoms with Crippen LogP contribution in [0.5, 0.6) is 5.75 Å². The molecule has 2 N–H and O–H groups in total. The number of aryl methyl sites for hydroxylation is 2. The molecule has 0 radical (unpaired) electrons. The molecule has 1 aliphatic heterocycles. The lowest BCUT2D eigenvalue weighted by Gasteiger charge is -2.30. The highest BCUT2D eigenvalue weighted by atomic mass is 16.5. The number of fused-ring (bicyclic) bond motifs is 1. The van der Waals surface area contributed by atoms with Crippen LogP contribution in [-0.4, -0.2) is 0 Å². The normalized spacial score (nSPS) is 21.6. The van der Waals surface area contributed by atoms with Gasteiger partial charge in [0.05, 0.1) is 0 Å². The standard InChI is InChI=1S/C17H19NO/c1-11-7-12(2)9-13(8-11)17-10-15(18)14-5-3-4-6-16(14)19-17/h3-9,15,17H,10,18H2,1-2H3. The Morgan fingerprint density at radius 3 is 2.47 bits per heavy atom. The molecule has 98 valence electrons. The fourth-order valence-corrected chi connectivity index (χ4v) is 2.85. The summed E-state index contributed by atoms with van der Waals surface area (Å²) in [4.78, 5) is 0. The molecule has 2 atom stereocenters. The molecule has 1 aliphatic rings. The summed E-state index contributed by atoms with van der Waals surface area (Å²) in [5.41, 5.74) is 11.1. The molecule has 1 heterocycles. The van der Waals surface area contributed by atoms with Crippen LogP contribution in [0.2, 0.25) is 0 Å². The van der Waals surface area contributed by atoms with Gasteiger partial charge in [-0.3, -0.25) is 0 Å². The zero-order valence-corrected chi connectivity index (χ0v) is 11.4. The fraction of sp³-hybridized carbons (Fsp3) is 0.294. The average Bonchev–Trinajstić information content (AvgIpc) is 2.37. The maximum absolute atomic E-state index is 6.27. The molecule has 2 nitrogen and oxygen atoms in total. The second-order valence-corrected chi connectivity index (χ2v) is 5.41. The lowest BCUT2D eigenvalue weighted by atomic mass is 9.92. The number of para-hydroxylation sites is 1. The number of hydrogen-bond acceptors (Lipinski definition) is 2. The second kappa shape index (κ2) is 4.71. The first-order valence-electron chi connectivity index (χ1n) is 6.73. The third-order valence-electron chi connectivity index (χ3n) is 3.67. The first kappa shape index (κ1) is 12.2. The number of nitrogens with two attached hydrogens (primary N) is 1. The van der Waals surface area contributed by atoms with Crippen LogP contribution in [0.3, 0.4) is 0 Å². The van der Waals surface area contributed by atoms with Crippen molar-refractivity contribution in [1.29, 1.82) is 0 Å². The molecule has 2 unspecified atom stereocenters. The topological polar surface area (TPSA) is 35.2 Å². The van der Waals surface area contributed by atoms with Crippen LogP contribution >= 0.6 is 0 Å². The minimum Gasteiger partial charge on any atom is -0.485 e. The summed E-state index contributed by atoms with van der Waals surface area (Å²) in [5.74, 6) is 0.922. The van der Waals surface area contributed by atoms with Gasteiger partial charge in [-0.25, -0.2) is 0 Å². The molecule has 0 saturated heterocycles. The Morgan fingerprint density at radius 2 is 1.74 bits per heavy atom. The lowest BCUT2D eigenvalue weighted by molar-refractivity contribution is 0.161. The number of rotatable bonds is 1. The van der Waals surface area contributed by atoms with E-state index in [4.69, 9.17) is 10.5 Å². The number of hydrogen-bond donors (Lipinski definition) is 1. The quantitative estimate of drug-likeness (QED) is 0.838. The van der Waals surface area contributed by atoms with Gasteiger partial charge in [-0.2, -0.15) is 0 Å². The van der Waals surface area contributed by atoms with Crippen LogP contribution in [0.15, 0.2) is 42.5 Å². The molecular formula is C17H19NO. The van der Waals surface area contributed by atoms with E-state index in [0.29, 0.717) is 0 Å². The van der Waals surface area contributed by atoms with E-state index in [1.54, 1.807) is 0 Å². The van der Waals surface area contributed by atoms with Gasteiger partial charge in [0.25, 0.3) is 0 Å². The van der Waals surface area contributed by atoms with Crippen molar-refractivity contribution in [2.24, 2.45) is 5.73 Å². The predicted molar refractivity (Wildman–Crippen MR) is 77.3 cm³/mol. The van der Waals surface area contributed by atoms with Gasteiger partial charge in [0.15, 0.2) is 0 Å². The van der Waals surface area contributed by atoms with Gasteiger partial charge in [0.2, 0.25) is 0 Å². The molecule has 3 rings (SSSR count). The maximum atomic E-state index is 6.27. The van der Waals surface area contributed by atoms with Crippen LogP contribution < -0.4 is 10.5 Å². The van der Waals surface area contributed by atoms with Crippen LogP contribution in [0.25, 0.3) is 0 Å². The third-order valence-corrected chi connectivity index (χ3v) is 3.67. The Hall–Kier alpha value is -1.80. The van der Waals surface area contributed by atoms with E-state index in [1.165, 1.54) is 16.7 Å². The van der Waals surface area contributed by atoms with Crippen molar-refractivity contribution < 1.29 is 4.74 Å². The van der Waals surface area contributed by atoms with Crippen LogP contribution in [0.1, 0.15) is 40.8 Å².